The van der Waals surface area contributed by atoms with Crippen molar-refractivity contribution >= 4 is 37.3 Å². The SMILES string of the molecule is CC(C)(C)NCC1CCCCN1S(=O)(=O)c1sccc1Br. The van der Waals surface area contributed by atoms with E-state index in [1.54, 1.807) is 10.4 Å². The van der Waals surface area contributed by atoms with E-state index >= 15 is 0 Å². The lowest BCUT2D eigenvalue weighted by Gasteiger charge is -2.36. The van der Waals surface area contributed by atoms with Gasteiger partial charge in [-0.1, -0.05) is 6.42 Å². The van der Waals surface area contributed by atoms with Crippen molar-refractivity contribution in [2.45, 2.75) is 55.8 Å². The van der Waals surface area contributed by atoms with Crippen LogP contribution < -0.4 is 5.32 Å². The average molecular weight is 395 g/mol. The molecule has 4 nitrogen and oxygen atoms in total. The molecular formula is C14H23BrN2O2S2. The van der Waals surface area contributed by atoms with E-state index in [-0.39, 0.29) is 11.6 Å². The molecule has 2 rings (SSSR count). The van der Waals surface area contributed by atoms with Crippen LogP contribution in [0.1, 0.15) is 40.0 Å². The van der Waals surface area contributed by atoms with Gasteiger partial charge in [0.2, 0.25) is 0 Å². The highest BCUT2D eigenvalue weighted by molar-refractivity contribution is 9.10. The van der Waals surface area contributed by atoms with Crippen molar-refractivity contribution in [3.8, 4) is 0 Å². The van der Waals surface area contributed by atoms with Crippen molar-refractivity contribution in [3.05, 3.63) is 15.9 Å². The van der Waals surface area contributed by atoms with Crippen LogP contribution in [0.3, 0.4) is 0 Å². The number of hydrogen-bond donors (Lipinski definition) is 1. The Balaban J connectivity index is 2.20. The Labute approximate surface area is 140 Å². The van der Waals surface area contributed by atoms with E-state index in [4.69, 9.17) is 0 Å². The Morgan fingerprint density at radius 1 is 1.43 bits per heavy atom. The molecule has 2 heterocycles. The molecule has 1 atom stereocenters. The summed E-state index contributed by atoms with van der Waals surface area (Å²) < 4.78 is 28.5. The van der Waals surface area contributed by atoms with Gasteiger partial charge in [0.25, 0.3) is 10.0 Å². The summed E-state index contributed by atoms with van der Waals surface area (Å²) in [5.41, 5.74) is -0.00358. The molecule has 21 heavy (non-hydrogen) atoms. The van der Waals surface area contributed by atoms with E-state index in [1.165, 1.54) is 11.3 Å². The molecule has 0 aromatic carbocycles. The van der Waals surface area contributed by atoms with Crippen molar-refractivity contribution in [2.24, 2.45) is 0 Å². The summed E-state index contributed by atoms with van der Waals surface area (Å²) in [5.74, 6) is 0. The Bertz CT molecular complexity index is 578. The number of hydrogen-bond acceptors (Lipinski definition) is 4. The third-order valence-electron chi connectivity index (χ3n) is 3.57. The van der Waals surface area contributed by atoms with Gasteiger partial charge in [0, 0.05) is 29.1 Å². The van der Waals surface area contributed by atoms with Crippen LogP contribution in [0.2, 0.25) is 0 Å². The van der Waals surface area contributed by atoms with Gasteiger partial charge in [-0.25, -0.2) is 8.42 Å². The summed E-state index contributed by atoms with van der Waals surface area (Å²) in [6.45, 7) is 7.62. The molecule has 0 spiro atoms. The zero-order chi connectivity index (χ0) is 15.7. The second-order valence-electron chi connectivity index (χ2n) is 6.45. The highest BCUT2D eigenvalue weighted by Gasteiger charge is 2.35. The molecule has 1 aliphatic heterocycles. The fourth-order valence-corrected chi connectivity index (χ4v) is 6.61. The lowest BCUT2D eigenvalue weighted by atomic mass is 10.0. The summed E-state index contributed by atoms with van der Waals surface area (Å²) in [5, 5.41) is 5.25. The highest BCUT2D eigenvalue weighted by atomic mass is 79.9. The van der Waals surface area contributed by atoms with Gasteiger partial charge in [0.15, 0.2) is 0 Å². The van der Waals surface area contributed by atoms with E-state index in [9.17, 15) is 8.42 Å². The van der Waals surface area contributed by atoms with Gasteiger partial charge < -0.3 is 5.32 Å². The lowest BCUT2D eigenvalue weighted by Crippen LogP contribution is -2.51. The van der Waals surface area contributed by atoms with E-state index < -0.39 is 10.0 Å². The van der Waals surface area contributed by atoms with E-state index in [0.29, 0.717) is 21.8 Å². The maximum atomic E-state index is 12.9. The highest BCUT2D eigenvalue weighted by Crippen LogP contribution is 2.33. The lowest BCUT2D eigenvalue weighted by molar-refractivity contribution is 0.231. The summed E-state index contributed by atoms with van der Waals surface area (Å²) >= 11 is 4.63. The second kappa shape index (κ2) is 6.66. The third-order valence-corrected chi connectivity index (χ3v) is 8.17. The molecular weight excluding hydrogens is 372 g/mol. The number of halogens is 1. The molecule has 7 heteroatoms. The molecule has 1 fully saturated rings. The summed E-state index contributed by atoms with van der Waals surface area (Å²) in [7, 11) is -3.40. The van der Waals surface area contributed by atoms with Crippen molar-refractivity contribution in [1.82, 2.24) is 9.62 Å². The van der Waals surface area contributed by atoms with Crippen LogP contribution in [-0.4, -0.2) is 37.4 Å². The van der Waals surface area contributed by atoms with Crippen LogP contribution in [0.4, 0.5) is 0 Å². The first-order valence-corrected chi connectivity index (χ1v) is 10.3. The molecule has 1 aromatic rings. The zero-order valence-electron chi connectivity index (χ0n) is 12.7. The maximum Gasteiger partial charge on any atom is 0.253 e. The molecule has 1 aromatic heterocycles. The van der Waals surface area contributed by atoms with E-state index in [0.717, 1.165) is 19.3 Å². The van der Waals surface area contributed by atoms with Crippen LogP contribution in [0.5, 0.6) is 0 Å². The Hall–Kier alpha value is 0.0500. The molecule has 0 saturated carbocycles. The van der Waals surface area contributed by atoms with Gasteiger partial charge in [-0.2, -0.15) is 4.31 Å². The monoisotopic (exact) mass is 394 g/mol. The van der Waals surface area contributed by atoms with Crippen LogP contribution in [0.15, 0.2) is 20.1 Å². The minimum Gasteiger partial charge on any atom is -0.310 e. The summed E-state index contributed by atoms with van der Waals surface area (Å²) in [6, 6.07) is 1.83. The fourth-order valence-electron chi connectivity index (χ4n) is 2.49. The Kier molecular flexibility index (Phi) is 5.52. The molecule has 0 amide bonds. The molecule has 1 unspecified atom stereocenters. The van der Waals surface area contributed by atoms with Gasteiger partial charge in [0.1, 0.15) is 4.21 Å². The molecule has 0 aliphatic carbocycles. The first kappa shape index (κ1) is 17.4. The first-order chi connectivity index (χ1) is 9.72. The molecule has 120 valence electrons. The van der Waals surface area contributed by atoms with Gasteiger partial charge >= 0.3 is 0 Å². The van der Waals surface area contributed by atoms with Crippen molar-refractivity contribution in [1.29, 1.82) is 0 Å². The number of rotatable bonds is 4. The second-order valence-corrected chi connectivity index (χ2v) is 10.3. The van der Waals surface area contributed by atoms with Crippen LogP contribution in [-0.2, 0) is 10.0 Å². The number of piperidine rings is 1. The largest absolute Gasteiger partial charge is 0.310 e. The molecule has 1 aliphatic rings. The number of nitrogens with one attached hydrogen (secondary N) is 1. The fraction of sp³-hybridized carbons (Fsp3) is 0.714. The molecule has 0 bridgehead atoms. The minimum absolute atomic E-state index is 0.00358. The molecule has 0 radical (unpaired) electrons. The van der Waals surface area contributed by atoms with Crippen LogP contribution in [0.25, 0.3) is 0 Å². The molecule has 1 N–H and O–H groups in total. The standard InChI is InChI=1S/C14H23BrN2O2S2/c1-14(2,3)16-10-11-6-4-5-8-17(11)21(18,19)13-12(15)7-9-20-13/h7,9,11,16H,4-6,8,10H2,1-3H3. The Morgan fingerprint density at radius 2 is 2.14 bits per heavy atom. The minimum atomic E-state index is -3.40. The predicted molar refractivity (Wildman–Crippen MR) is 91.3 cm³/mol. The smallest absolute Gasteiger partial charge is 0.253 e. The van der Waals surface area contributed by atoms with Crippen molar-refractivity contribution < 1.29 is 8.42 Å². The predicted octanol–water partition coefficient (Wildman–Crippen LogP) is 3.44. The summed E-state index contributed by atoms with van der Waals surface area (Å²) in [4.78, 5) is 0. The maximum absolute atomic E-state index is 12.9. The number of sulfonamides is 1. The van der Waals surface area contributed by atoms with Crippen LogP contribution >= 0.6 is 27.3 Å². The van der Waals surface area contributed by atoms with Gasteiger partial charge in [0.05, 0.1) is 0 Å². The average Bonchev–Trinajstić information content (AvgIpc) is 2.83. The van der Waals surface area contributed by atoms with Gasteiger partial charge in [-0.15, -0.1) is 11.3 Å². The summed E-state index contributed by atoms with van der Waals surface area (Å²) in [6.07, 6.45) is 2.95. The van der Waals surface area contributed by atoms with Gasteiger partial charge in [-0.3, -0.25) is 0 Å². The quantitative estimate of drug-likeness (QED) is 0.850. The first-order valence-electron chi connectivity index (χ1n) is 7.22. The topological polar surface area (TPSA) is 49.4 Å². The Morgan fingerprint density at radius 3 is 2.71 bits per heavy atom. The normalized spacial score (nSPS) is 21.6. The third kappa shape index (κ3) is 4.28. The van der Waals surface area contributed by atoms with Crippen molar-refractivity contribution in [2.75, 3.05) is 13.1 Å². The van der Waals surface area contributed by atoms with Crippen LogP contribution in [0, 0.1) is 0 Å². The molecule has 1 saturated heterocycles. The zero-order valence-corrected chi connectivity index (χ0v) is 15.9. The number of nitrogens with zero attached hydrogens (tertiary/aromatic N) is 1. The van der Waals surface area contributed by atoms with Crippen molar-refractivity contribution in [3.63, 3.8) is 0 Å². The van der Waals surface area contributed by atoms with E-state index in [2.05, 4.69) is 42.0 Å². The van der Waals surface area contributed by atoms with Gasteiger partial charge in [-0.05, 0) is 61.0 Å². The van der Waals surface area contributed by atoms with E-state index in [1.807, 2.05) is 5.38 Å². The number of thiophene rings is 1.